The molecule has 0 unspecified atom stereocenters. The van der Waals surface area contributed by atoms with E-state index in [0.29, 0.717) is 48.2 Å². The molecule has 14 heteroatoms. The van der Waals surface area contributed by atoms with E-state index in [4.69, 9.17) is 38.2 Å². The van der Waals surface area contributed by atoms with Crippen LogP contribution in [0.1, 0.15) is 46.9 Å². The number of hydrogen-bond donors (Lipinski definition) is 2. The highest BCUT2D eigenvalue weighted by molar-refractivity contribution is 6.42. The highest BCUT2D eigenvalue weighted by Gasteiger charge is 2.41. The third kappa shape index (κ3) is 9.99. The van der Waals surface area contributed by atoms with Crippen molar-refractivity contribution in [2.45, 2.75) is 44.3 Å². The van der Waals surface area contributed by atoms with Gasteiger partial charge in [-0.2, -0.15) is 18.2 Å². The topological polar surface area (TPSA) is 120 Å². The van der Waals surface area contributed by atoms with E-state index < -0.39 is 29.7 Å². The number of hydrogen-bond acceptors (Lipinski definition) is 7. The summed E-state index contributed by atoms with van der Waals surface area (Å²) in [6, 6.07) is 11.0. The summed E-state index contributed by atoms with van der Waals surface area (Å²) in [6.45, 7) is 0.714. The molecule has 1 heterocycles. The van der Waals surface area contributed by atoms with Crippen molar-refractivity contribution >= 4 is 47.3 Å². The Kier molecular flexibility index (Phi) is 12.5. The van der Waals surface area contributed by atoms with E-state index >= 15 is 0 Å². The summed E-state index contributed by atoms with van der Waals surface area (Å²) in [7, 11) is 0. The van der Waals surface area contributed by atoms with Gasteiger partial charge in [0, 0.05) is 6.42 Å². The number of alkyl halides is 3. The number of Topliss-reactive ketones (excluding diaryl/α,β-unsaturated/α-hetero) is 1. The molecule has 212 valence electrons. The van der Waals surface area contributed by atoms with E-state index in [2.05, 4.69) is 10.1 Å². The van der Waals surface area contributed by atoms with Gasteiger partial charge in [0.25, 0.3) is 0 Å². The number of rotatable bonds is 13. The fourth-order valence-corrected chi connectivity index (χ4v) is 3.76. The third-order valence-electron chi connectivity index (χ3n) is 5.44. The lowest BCUT2D eigenvalue weighted by Crippen LogP contribution is -2.47. The lowest BCUT2D eigenvalue weighted by atomic mass is 10.0. The predicted octanol–water partition coefficient (Wildman–Crippen LogP) is 5.37. The number of nitrogens with one attached hydrogen (secondary N) is 1. The van der Waals surface area contributed by atoms with Gasteiger partial charge in [-0.15, -0.1) is 12.4 Å². The van der Waals surface area contributed by atoms with Gasteiger partial charge in [0.05, 0.1) is 29.1 Å². The molecule has 2 aromatic carbocycles. The zero-order valence-electron chi connectivity index (χ0n) is 20.5. The van der Waals surface area contributed by atoms with Gasteiger partial charge in [-0.3, -0.25) is 9.59 Å². The van der Waals surface area contributed by atoms with E-state index in [9.17, 15) is 22.8 Å². The lowest BCUT2D eigenvalue weighted by Gasteiger charge is -2.17. The number of ketones is 1. The Bertz CT molecular complexity index is 1240. The molecule has 0 saturated heterocycles. The number of nitrogens with two attached hydrogens (primary N) is 1. The fraction of sp³-hybridized carbons (Fsp3) is 0.360. The van der Waals surface area contributed by atoms with Crippen LogP contribution in [-0.4, -0.2) is 47.2 Å². The molecule has 0 saturated carbocycles. The molecule has 8 nitrogen and oxygen atoms in total. The minimum Gasteiger partial charge on any atom is -0.493 e. The molecule has 1 aromatic heterocycles. The van der Waals surface area contributed by atoms with E-state index in [1.807, 2.05) is 6.07 Å². The zero-order valence-corrected chi connectivity index (χ0v) is 22.8. The number of nitrogens with zero attached hydrogens (tertiary/aromatic N) is 2. The highest BCUT2D eigenvalue weighted by atomic mass is 35.5. The summed E-state index contributed by atoms with van der Waals surface area (Å²) in [6.07, 6.45) is -3.57. The van der Waals surface area contributed by atoms with Crippen LogP contribution >= 0.6 is 35.6 Å². The van der Waals surface area contributed by atoms with E-state index in [-0.39, 0.29) is 31.1 Å². The van der Waals surface area contributed by atoms with Crippen molar-refractivity contribution in [1.29, 1.82) is 0 Å². The molecule has 39 heavy (non-hydrogen) atoms. The third-order valence-corrected chi connectivity index (χ3v) is 6.18. The van der Waals surface area contributed by atoms with Gasteiger partial charge in [-0.25, -0.2) is 0 Å². The number of ether oxygens (including phenoxy) is 1. The molecule has 0 radical (unpaired) electrons. The SMILES string of the molecule is Cl.NCCCC[C@H](NC(=O)C(F)(F)F)C(=O)c1noc(Cc2ccc(OCCc3ccc(Cl)c(Cl)c3)cc2)n1. The molecule has 0 spiro atoms. The van der Waals surface area contributed by atoms with E-state index in [1.165, 1.54) is 0 Å². The molecule has 1 amide bonds. The summed E-state index contributed by atoms with van der Waals surface area (Å²) < 4.78 is 49.0. The van der Waals surface area contributed by atoms with Gasteiger partial charge in [0.2, 0.25) is 17.5 Å². The van der Waals surface area contributed by atoms with Gasteiger partial charge in [0.1, 0.15) is 5.75 Å². The van der Waals surface area contributed by atoms with Crippen molar-refractivity contribution in [3.8, 4) is 5.75 Å². The van der Waals surface area contributed by atoms with Crippen molar-refractivity contribution in [2.75, 3.05) is 13.2 Å². The molecule has 3 aromatic rings. The number of amides is 1. The van der Waals surface area contributed by atoms with Crippen LogP contribution in [0.2, 0.25) is 10.0 Å². The van der Waals surface area contributed by atoms with E-state index in [0.717, 1.165) is 11.1 Å². The number of halogens is 6. The van der Waals surface area contributed by atoms with Crippen molar-refractivity contribution in [1.82, 2.24) is 15.5 Å². The van der Waals surface area contributed by atoms with Crippen molar-refractivity contribution < 1.29 is 32.0 Å². The first-order chi connectivity index (χ1) is 18.1. The summed E-state index contributed by atoms with van der Waals surface area (Å²) in [5.74, 6) is -2.78. The maximum Gasteiger partial charge on any atom is 0.471 e. The molecular formula is C25H26Cl3F3N4O4. The average Bonchev–Trinajstić information content (AvgIpc) is 3.34. The second kappa shape index (κ2) is 15.1. The predicted molar refractivity (Wildman–Crippen MR) is 142 cm³/mol. The number of carbonyl (C=O) groups excluding carboxylic acids is 2. The van der Waals surface area contributed by atoms with Gasteiger partial charge < -0.3 is 20.3 Å². The van der Waals surface area contributed by atoms with Crippen molar-refractivity contribution in [3.63, 3.8) is 0 Å². The number of benzene rings is 2. The lowest BCUT2D eigenvalue weighted by molar-refractivity contribution is -0.174. The normalized spacial score (nSPS) is 11.9. The Balaban J connectivity index is 0.00000533. The molecular weight excluding hydrogens is 584 g/mol. The molecule has 0 fully saturated rings. The van der Waals surface area contributed by atoms with Crippen molar-refractivity contribution in [2.24, 2.45) is 5.73 Å². The van der Waals surface area contributed by atoms with Gasteiger partial charge in [-0.1, -0.05) is 46.6 Å². The van der Waals surface area contributed by atoms with Crippen LogP contribution in [0.25, 0.3) is 0 Å². The fourth-order valence-electron chi connectivity index (χ4n) is 3.44. The highest BCUT2D eigenvalue weighted by Crippen LogP contribution is 2.23. The van der Waals surface area contributed by atoms with E-state index in [1.54, 1.807) is 41.7 Å². The smallest absolute Gasteiger partial charge is 0.471 e. The second-order valence-corrected chi connectivity index (χ2v) is 9.17. The van der Waals surface area contributed by atoms with Crippen LogP contribution in [0.15, 0.2) is 47.0 Å². The first kappa shape index (κ1) is 32.4. The molecule has 0 aliphatic rings. The van der Waals surface area contributed by atoms with Crippen LogP contribution in [0.3, 0.4) is 0 Å². The Labute approximate surface area is 238 Å². The molecule has 3 rings (SSSR count). The second-order valence-electron chi connectivity index (χ2n) is 8.35. The number of unbranched alkanes of at least 4 members (excludes halogenated alkanes) is 1. The number of aromatic nitrogens is 2. The first-order valence-electron chi connectivity index (χ1n) is 11.7. The van der Waals surface area contributed by atoms with Gasteiger partial charge in [-0.05, 0) is 61.2 Å². The minimum atomic E-state index is -5.13. The summed E-state index contributed by atoms with van der Waals surface area (Å²) in [4.78, 5) is 28.1. The molecule has 3 N–H and O–H groups in total. The minimum absolute atomic E-state index is 0. The summed E-state index contributed by atoms with van der Waals surface area (Å²) in [5, 5.41) is 6.27. The van der Waals surface area contributed by atoms with Crippen LogP contribution in [0, 0.1) is 0 Å². The van der Waals surface area contributed by atoms with Crippen molar-refractivity contribution in [3.05, 3.63) is 75.4 Å². The number of carbonyl (C=O) groups is 2. The zero-order chi connectivity index (χ0) is 27.7. The maximum atomic E-state index is 12.7. The maximum absolute atomic E-state index is 12.7. The molecule has 0 aliphatic heterocycles. The van der Waals surface area contributed by atoms with Crippen LogP contribution < -0.4 is 15.8 Å². The van der Waals surface area contributed by atoms with Gasteiger partial charge >= 0.3 is 12.1 Å². The first-order valence-corrected chi connectivity index (χ1v) is 12.4. The van der Waals surface area contributed by atoms with Crippen LogP contribution in [0.4, 0.5) is 13.2 Å². The van der Waals surface area contributed by atoms with Gasteiger partial charge in [0.15, 0.2) is 0 Å². The average molecular weight is 610 g/mol. The molecule has 0 bridgehead atoms. The Morgan fingerprint density at radius 1 is 1.05 bits per heavy atom. The Hall–Kier alpha value is -2.86. The summed E-state index contributed by atoms with van der Waals surface area (Å²) >= 11 is 11.9. The quantitative estimate of drug-likeness (QED) is 0.197. The Morgan fingerprint density at radius 3 is 2.38 bits per heavy atom. The Morgan fingerprint density at radius 2 is 1.74 bits per heavy atom. The molecule has 1 atom stereocenters. The molecule has 0 aliphatic carbocycles. The summed E-state index contributed by atoms with van der Waals surface area (Å²) in [5.41, 5.74) is 7.16. The monoisotopic (exact) mass is 608 g/mol. The largest absolute Gasteiger partial charge is 0.493 e. The van der Waals surface area contributed by atoms with Crippen LogP contribution in [0.5, 0.6) is 5.75 Å². The van der Waals surface area contributed by atoms with Crippen LogP contribution in [-0.2, 0) is 17.6 Å². The standard InChI is InChI=1S/C25H25Cl2F3N4O4.ClH/c26-18-9-6-16(13-19(18)27)10-12-37-17-7-4-15(5-8-17)14-21-33-23(34-38-21)22(35)20(3-1-2-11-31)32-24(36)25(28,29)30;/h4-9,13,20H,1-3,10-12,14,31H2,(H,32,36);1H/t20-;/m0./s1.